The number of rotatable bonds is 3. The SMILES string of the molecule is ClC[Si]C1(c2cccc3ccccc23)C=CC=CC1. The van der Waals surface area contributed by atoms with Gasteiger partial charge >= 0.3 is 0 Å². The van der Waals surface area contributed by atoms with Gasteiger partial charge in [-0.25, -0.2) is 0 Å². The van der Waals surface area contributed by atoms with E-state index < -0.39 is 0 Å². The molecule has 94 valence electrons. The van der Waals surface area contributed by atoms with E-state index >= 15 is 0 Å². The second kappa shape index (κ2) is 5.36. The third kappa shape index (κ3) is 2.29. The largest absolute Gasteiger partial charge is 0.131 e. The summed E-state index contributed by atoms with van der Waals surface area (Å²) in [5.41, 5.74) is 2.12. The molecule has 0 saturated carbocycles. The van der Waals surface area contributed by atoms with Crippen LogP contribution in [0, 0.1) is 0 Å². The molecule has 0 aliphatic heterocycles. The molecule has 0 fully saturated rings. The number of halogens is 1. The zero-order valence-electron chi connectivity index (χ0n) is 10.6. The molecule has 2 heteroatoms. The fraction of sp³-hybridized carbons (Fsp3) is 0.176. The number of hydrogen-bond acceptors (Lipinski definition) is 0. The first kappa shape index (κ1) is 12.7. The summed E-state index contributed by atoms with van der Waals surface area (Å²) in [5, 5.41) is 2.74. The van der Waals surface area contributed by atoms with Crippen molar-refractivity contribution in [2.75, 3.05) is 5.50 Å². The van der Waals surface area contributed by atoms with Crippen LogP contribution < -0.4 is 0 Å². The average molecular weight is 283 g/mol. The van der Waals surface area contributed by atoms with Gasteiger partial charge < -0.3 is 0 Å². The maximum absolute atomic E-state index is 6.08. The fourth-order valence-electron chi connectivity index (χ4n) is 2.78. The molecular formula is C17H15ClSi. The van der Waals surface area contributed by atoms with Crippen LogP contribution in [0.3, 0.4) is 0 Å². The minimum Gasteiger partial charge on any atom is -0.131 e. The predicted octanol–water partition coefficient (Wildman–Crippen LogP) is 4.45. The molecule has 2 radical (unpaired) electrons. The molecule has 0 saturated heterocycles. The first-order chi connectivity index (χ1) is 9.36. The van der Waals surface area contributed by atoms with Crippen LogP contribution in [-0.2, 0) is 5.04 Å². The predicted molar refractivity (Wildman–Crippen MR) is 85.0 cm³/mol. The maximum Gasteiger partial charge on any atom is 0.0766 e. The van der Waals surface area contributed by atoms with Crippen LogP contribution in [0.1, 0.15) is 12.0 Å². The van der Waals surface area contributed by atoms with Gasteiger partial charge in [-0.1, -0.05) is 66.8 Å². The molecule has 19 heavy (non-hydrogen) atoms. The van der Waals surface area contributed by atoms with Gasteiger partial charge in [0.05, 0.1) is 9.52 Å². The van der Waals surface area contributed by atoms with E-state index in [9.17, 15) is 0 Å². The van der Waals surface area contributed by atoms with E-state index in [4.69, 9.17) is 11.6 Å². The van der Waals surface area contributed by atoms with Crippen molar-refractivity contribution in [1.29, 1.82) is 0 Å². The number of allylic oxidation sites excluding steroid dienone is 4. The lowest BCUT2D eigenvalue weighted by Gasteiger charge is -2.32. The van der Waals surface area contributed by atoms with E-state index in [0.29, 0.717) is 15.0 Å². The molecule has 1 atom stereocenters. The molecule has 0 amide bonds. The molecular weight excluding hydrogens is 268 g/mol. The normalized spacial score (nSPS) is 21.9. The van der Waals surface area contributed by atoms with Gasteiger partial charge in [-0.05, 0) is 22.8 Å². The third-order valence-corrected chi connectivity index (χ3v) is 5.53. The van der Waals surface area contributed by atoms with Gasteiger partial charge in [-0.2, -0.15) is 0 Å². The van der Waals surface area contributed by atoms with E-state index in [1.54, 1.807) is 0 Å². The van der Waals surface area contributed by atoms with Crippen molar-refractivity contribution >= 4 is 31.9 Å². The number of fused-ring (bicyclic) bond motifs is 1. The molecule has 0 aromatic heterocycles. The monoisotopic (exact) mass is 282 g/mol. The van der Waals surface area contributed by atoms with Gasteiger partial charge in [0.15, 0.2) is 0 Å². The number of benzene rings is 2. The fourth-order valence-corrected chi connectivity index (χ4v) is 4.62. The van der Waals surface area contributed by atoms with Crippen molar-refractivity contribution in [2.45, 2.75) is 11.5 Å². The molecule has 2 aromatic carbocycles. The Kier molecular flexibility index (Phi) is 3.58. The molecule has 2 aromatic rings. The highest BCUT2D eigenvalue weighted by atomic mass is 35.5. The van der Waals surface area contributed by atoms with Crippen molar-refractivity contribution in [1.82, 2.24) is 0 Å². The zero-order chi connectivity index (χ0) is 13.1. The summed E-state index contributed by atoms with van der Waals surface area (Å²) >= 11 is 6.08. The van der Waals surface area contributed by atoms with Gasteiger partial charge in [0, 0.05) is 10.5 Å². The highest BCUT2D eigenvalue weighted by Gasteiger charge is 2.30. The molecule has 1 unspecified atom stereocenters. The van der Waals surface area contributed by atoms with Gasteiger partial charge in [0.1, 0.15) is 0 Å². The lowest BCUT2D eigenvalue weighted by atomic mass is 9.87. The second-order valence-electron chi connectivity index (χ2n) is 4.80. The minimum atomic E-state index is 0.0807. The summed E-state index contributed by atoms with van der Waals surface area (Å²) in [6, 6.07) is 15.2. The summed E-state index contributed by atoms with van der Waals surface area (Å²) in [6.07, 6.45) is 9.91. The Bertz CT molecular complexity index is 639. The number of hydrogen-bond donors (Lipinski definition) is 0. The van der Waals surface area contributed by atoms with E-state index in [-0.39, 0.29) is 5.04 Å². The molecule has 1 aliphatic carbocycles. The van der Waals surface area contributed by atoms with Gasteiger partial charge in [-0.15, -0.1) is 11.6 Å². The standard InChI is InChI=1S/C17H15ClSi/c18-13-19-17(11-4-1-5-12-17)16-10-6-8-14-7-2-3-9-15(14)16/h1-11H,12-13H2. The lowest BCUT2D eigenvalue weighted by molar-refractivity contribution is 0.757. The van der Waals surface area contributed by atoms with Crippen LogP contribution in [0.4, 0.5) is 0 Å². The highest BCUT2D eigenvalue weighted by Crippen LogP contribution is 2.36. The zero-order valence-corrected chi connectivity index (χ0v) is 12.4. The molecule has 1 aliphatic rings. The van der Waals surface area contributed by atoms with Crippen LogP contribution >= 0.6 is 11.6 Å². The Morgan fingerprint density at radius 1 is 1.05 bits per heavy atom. The van der Waals surface area contributed by atoms with Crippen molar-refractivity contribution in [3.63, 3.8) is 0 Å². The summed E-state index contributed by atoms with van der Waals surface area (Å²) in [7, 11) is 0.702. The lowest BCUT2D eigenvalue weighted by Crippen LogP contribution is -2.33. The molecule has 0 nitrogen and oxygen atoms in total. The molecule has 0 heterocycles. The number of alkyl halides is 1. The molecule has 3 rings (SSSR count). The first-order valence-electron chi connectivity index (χ1n) is 6.49. The van der Waals surface area contributed by atoms with Crippen molar-refractivity contribution in [3.8, 4) is 0 Å². The van der Waals surface area contributed by atoms with Crippen LogP contribution in [0.5, 0.6) is 0 Å². The first-order valence-corrected chi connectivity index (χ1v) is 8.23. The smallest absolute Gasteiger partial charge is 0.0766 e. The van der Waals surface area contributed by atoms with Crippen molar-refractivity contribution in [3.05, 3.63) is 72.3 Å². The van der Waals surface area contributed by atoms with Crippen molar-refractivity contribution < 1.29 is 0 Å². The van der Waals surface area contributed by atoms with Gasteiger partial charge in [-0.3, -0.25) is 0 Å². The van der Waals surface area contributed by atoms with Crippen molar-refractivity contribution in [2.24, 2.45) is 0 Å². The summed E-state index contributed by atoms with van der Waals surface area (Å²) < 4.78 is 0. The Morgan fingerprint density at radius 3 is 2.68 bits per heavy atom. The minimum absolute atomic E-state index is 0.0807. The Morgan fingerprint density at radius 2 is 1.89 bits per heavy atom. The molecule has 0 N–H and O–H groups in total. The second-order valence-corrected chi connectivity index (χ2v) is 7.11. The van der Waals surface area contributed by atoms with E-state index in [2.05, 4.69) is 66.8 Å². The van der Waals surface area contributed by atoms with Gasteiger partial charge in [0.25, 0.3) is 0 Å². The maximum atomic E-state index is 6.08. The summed E-state index contributed by atoms with van der Waals surface area (Å²) in [4.78, 5) is 0. The third-order valence-electron chi connectivity index (χ3n) is 3.72. The van der Waals surface area contributed by atoms with Gasteiger partial charge in [0.2, 0.25) is 0 Å². The highest BCUT2D eigenvalue weighted by molar-refractivity contribution is 6.54. The molecule has 0 spiro atoms. The van der Waals surface area contributed by atoms with Crippen LogP contribution in [0.25, 0.3) is 10.8 Å². The molecule has 0 bridgehead atoms. The summed E-state index contributed by atoms with van der Waals surface area (Å²) in [5.74, 6) is 0. The van der Waals surface area contributed by atoms with E-state index in [1.165, 1.54) is 16.3 Å². The Balaban J connectivity index is 2.21. The average Bonchev–Trinajstić information content (AvgIpc) is 2.48. The van der Waals surface area contributed by atoms with Crippen LogP contribution in [0.15, 0.2) is 66.8 Å². The van der Waals surface area contributed by atoms with Crippen LogP contribution in [0.2, 0.25) is 0 Å². The Hall–Kier alpha value is -1.31. The van der Waals surface area contributed by atoms with E-state index in [0.717, 1.165) is 6.42 Å². The topological polar surface area (TPSA) is 0 Å². The quantitative estimate of drug-likeness (QED) is 0.576. The Labute approximate surface area is 121 Å². The summed E-state index contributed by atoms with van der Waals surface area (Å²) in [6.45, 7) is 0. The van der Waals surface area contributed by atoms with E-state index in [1.807, 2.05) is 0 Å². The van der Waals surface area contributed by atoms with Crippen LogP contribution in [-0.4, -0.2) is 15.0 Å².